The van der Waals surface area contributed by atoms with Crippen molar-refractivity contribution >= 4 is 23.2 Å². The first-order chi connectivity index (χ1) is 8.70. The van der Waals surface area contributed by atoms with Gasteiger partial charge < -0.3 is 0 Å². The number of benzene rings is 2. The van der Waals surface area contributed by atoms with Gasteiger partial charge in [0.05, 0.1) is 0 Å². The Morgan fingerprint density at radius 1 is 0.833 bits per heavy atom. The summed E-state index contributed by atoms with van der Waals surface area (Å²) in [5.74, 6) is 0. The molecule has 0 fully saturated rings. The lowest BCUT2D eigenvalue weighted by Crippen LogP contribution is -1.96. The van der Waals surface area contributed by atoms with Gasteiger partial charge in [0, 0.05) is 10.0 Å². The second-order valence-corrected chi connectivity index (χ2v) is 5.20. The Kier molecular flexibility index (Phi) is 4.68. The van der Waals surface area contributed by atoms with Gasteiger partial charge in [-0.2, -0.15) is 0 Å². The summed E-state index contributed by atoms with van der Waals surface area (Å²) in [4.78, 5) is 0. The maximum Gasteiger partial charge on any atom is 0.0439 e. The van der Waals surface area contributed by atoms with E-state index in [0.29, 0.717) is 0 Å². The Morgan fingerprint density at radius 3 is 2.22 bits per heavy atom. The van der Waals surface area contributed by atoms with Crippen molar-refractivity contribution in [2.75, 3.05) is 0 Å². The predicted octanol–water partition coefficient (Wildman–Crippen LogP) is 5.34. The lowest BCUT2D eigenvalue weighted by molar-refractivity contribution is 0.931. The molecule has 0 atom stereocenters. The zero-order chi connectivity index (χ0) is 13.0. The molecule has 18 heavy (non-hydrogen) atoms. The van der Waals surface area contributed by atoms with E-state index < -0.39 is 0 Å². The van der Waals surface area contributed by atoms with Gasteiger partial charge in [-0.05, 0) is 54.2 Å². The molecule has 0 radical (unpaired) electrons. The fourth-order valence-electron chi connectivity index (χ4n) is 2.15. The van der Waals surface area contributed by atoms with Crippen molar-refractivity contribution in [2.24, 2.45) is 0 Å². The Bertz CT molecular complexity index is 532. The minimum Gasteiger partial charge on any atom is -0.0843 e. The summed E-state index contributed by atoms with van der Waals surface area (Å²) in [6.07, 6.45) is 3.00. The van der Waals surface area contributed by atoms with E-state index in [1.165, 1.54) is 11.1 Å². The van der Waals surface area contributed by atoms with E-state index in [2.05, 4.69) is 31.2 Å². The van der Waals surface area contributed by atoms with Crippen LogP contribution >= 0.6 is 23.2 Å². The van der Waals surface area contributed by atoms with Crippen LogP contribution in [-0.2, 0) is 19.3 Å². The molecule has 2 rings (SSSR count). The average molecular weight is 279 g/mol. The van der Waals surface area contributed by atoms with Gasteiger partial charge in [0.25, 0.3) is 0 Å². The summed E-state index contributed by atoms with van der Waals surface area (Å²) >= 11 is 12.2. The van der Waals surface area contributed by atoms with Gasteiger partial charge >= 0.3 is 0 Å². The zero-order valence-electron chi connectivity index (χ0n) is 10.4. The molecule has 0 N–H and O–H groups in total. The highest BCUT2D eigenvalue weighted by Gasteiger charge is 2.04. The average Bonchev–Trinajstić information content (AvgIpc) is 2.40. The molecule has 0 saturated heterocycles. The van der Waals surface area contributed by atoms with Crippen molar-refractivity contribution < 1.29 is 0 Å². The molecule has 0 spiro atoms. The summed E-state index contributed by atoms with van der Waals surface area (Å²) in [5.41, 5.74) is 3.93. The monoisotopic (exact) mass is 278 g/mol. The van der Waals surface area contributed by atoms with E-state index in [1.807, 2.05) is 18.2 Å². The second kappa shape index (κ2) is 6.26. The van der Waals surface area contributed by atoms with E-state index >= 15 is 0 Å². The van der Waals surface area contributed by atoms with Gasteiger partial charge in [0.2, 0.25) is 0 Å². The first-order valence-electron chi connectivity index (χ1n) is 6.21. The summed E-state index contributed by atoms with van der Waals surface area (Å²) < 4.78 is 0. The molecular formula is C16H16Cl2. The fraction of sp³-hybridized carbons (Fsp3) is 0.250. The van der Waals surface area contributed by atoms with Crippen LogP contribution in [0.3, 0.4) is 0 Å². The number of aryl methyl sites for hydroxylation is 3. The molecule has 0 amide bonds. The molecule has 0 nitrogen and oxygen atoms in total. The van der Waals surface area contributed by atoms with Crippen molar-refractivity contribution in [1.82, 2.24) is 0 Å². The largest absolute Gasteiger partial charge is 0.0843 e. The maximum absolute atomic E-state index is 6.18. The molecule has 2 aromatic carbocycles. The maximum atomic E-state index is 6.18. The first kappa shape index (κ1) is 13.5. The SMILES string of the molecule is CCc1ccccc1CCc1cc(Cl)ccc1Cl. The summed E-state index contributed by atoms with van der Waals surface area (Å²) in [7, 11) is 0. The van der Waals surface area contributed by atoms with Crippen LogP contribution < -0.4 is 0 Å². The minimum absolute atomic E-state index is 0.748. The van der Waals surface area contributed by atoms with Gasteiger partial charge in [-0.1, -0.05) is 54.4 Å². The van der Waals surface area contributed by atoms with Crippen molar-refractivity contribution in [2.45, 2.75) is 26.2 Å². The van der Waals surface area contributed by atoms with Crippen LogP contribution in [0.5, 0.6) is 0 Å². The Balaban J connectivity index is 2.14. The van der Waals surface area contributed by atoms with Crippen molar-refractivity contribution in [3.05, 3.63) is 69.2 Å². The number of halogens is 2. The van der Waals surface area contributed by atoms with Crippen LogP contribution in [0.1, 0.15) is 23.6 Å². The van der Waals surface area contributed by atoms with Gasteiger partial charge in [-0.25, -0.2) is 0 Å². The highest BCUT2D eigenvalue weighted by Crippen LogP contribution is 2.22. The fourth-order valence-corrected chi connectivity index (χ4v) is 2.56. The number of rotatable bonds is 4. The minimum atomic E-state index is 0.748. The predicted molar refractivity (Wildman–Crippen MR) is 79.7 cm³/mol. The van der Waals surface area contributed by atoms with E-state index in [9.17, 15) is 0 Å². The van der Waals surface area contributed by atoms with E-state index in [0.717, 1.165) is 34.9 Å². The number of hydrogen-bond acceptors (Lipinski definition) is 0. The standard InChI is InChI=1S/C16H16Cl2/c1-2-12-5-3-4-6-13(12)7-8-14-11-15(17)9-10-16(14)18/h3-6,9-11H,2,7-8H2,1H3. The van der Waals surface area contributed by atoms with Gasteiger partial charge in [0.15, 0.2) is 0 Å². The highest BCUT2D eigenvalue weighted by molar-refractivity contribution is 6.33. The molecule has 2 aromatic rings. The molecule has 94 valence electrons. The van der Waals surface area contributed by atoms with Gasteiger partial charge in [0.1, 0.15) is 0 Å². The Labute approximate surface area is 119 Å². The summed E-state index contributed by atoms with van der Waals surface area (Å²) in [6, 6.07) is 14.2. The van der Waals surface area contributed by atoms with Gasteiger partial charge in [-0.3, -0.25) is 0 Å². The highest BCUT2D eigenvalue weighted by atomic mass is 35.5. The van der Waals surface area contributed by atoms with Crippen molar-refractivity contribution in [1.29, 1.82) is 0 Å². The zero-order valence-corrected chi connectivity index (χ0v) is 11.9. The summed E-state index contributed by atoms with van der Waals surface area (Å²) in [5, 5.41) is 1.55. The molecule has 0 aliphatic carbocycles. The van der Waals surface area contributed by atoms with Crippen molar-refractivity contribution in [3.8, 4) is 0 Å². The third-order valence-corrected chi connectivity index (χ3v) is 3.77. The molecular weight excluding hydrogens is 263 g/mol. The molecule has 0 aliphatic heterocycles. The number of hydrogen-bond donors (Lipinski definition) is 0. The third-order valence-electron chi connectivity index (χ3n) is 3.17. The Morgan fingerprint density at radius 2 is 1.50 bits per heavy atom. The lowest BCUT2D eigenvalue weighted by atomic mass is 9.98. The van der Waals surface area contributed by atoms with Gasteiger partial charge in [-0.15, -0.1) is 0 Å². The molecule has 0 unspecified atom stereocenters. The Hall–Kier alpha value is -0.980. The topological polar surface area (TPSA) is 0 Å². The quantitative estimate of drug-likeness (QED) is 0.708. The lowest BCUT2D eigenvalue weighted by Gasteiger charge is -2.09. The smallest absolute Gasteiger partial charge is 0.0439 e. The van der Waals surface area contributed by atoms with E-state index in [4.69, 9.17) is 23.2 Å². The van der Waals surface area contributed by atoms with Crippen LogP contribution in [0.15, 0.2) is 42.5 Å². The van der Waals surface area contributed by atoms with Crippen LogP contribution in [-0.4, -0.2) is 0 Å². The summed E-state index contributed by atoms with van der Waals surface area (Å²) in [6.45, 7) is 2.19. The molecule has 0 saturated carbocycles. The van der Waals surface area contributed by atoms with E-state index in [-0.39, 0.29) is 0 Å². The third kappa shape index (κ3) is 3.28. The van der Waals surface area contributed by atoms with Crippen LogP contribution in [0.2, 0.25) is 10.0 Å². The molecule has 0 aromatic heterocycles. The first-order valence-corrected chi connectivity index (χ1v) is 6.97. The van der Waals surface area contributed by atoms with Crippen LogP contribution in [0.25, 0.3) is 0 Å². The second-order valence-electron chi connectivity index (χ2n) is 4.36. The molecule has 2 heteroatoms. The molecule has 0 heterocycles. The van der Waals surface area contributed by atoms with Crippen LogP contribution in [0.4, 0.5) is 0 Å². The molecule has 0 aliphatic rings. The molecule has 0 bridgehead atoms. The normalized spacial score (nSPS) is 10.6. The van der Waals surface area contributed by atoms with Crippen LogP contribution in [0, 0.1) is 0 Å². The van der Waals surface area contributed by atoms with E-state index in [1.54, 1.807) is 0 Å². The van der Waals surface area contributed by atoms with Crippen molar-refractivity contribution in [3.63, 3.8) is 0 Å².